The van der Waals surface area contributed by atoms with E-state index in [1.54, 1.807) is 18.2 Å². The molecule has 0 atom stereocenters. The molecule has 4 aromatic rings. The van der Waals surface area contributed by atoms with Crippen molar-refractivity contribution < 1.29 is 9.72 Å². The molecular formula is C27H20N2O3. The summed E-state index contributed by atoms with van der Waals surface area (Å²) in [4.78, 5) is 24.1. The van der Waals surface area contributed by atoms with Gasteiger partial charge in [-0.25, -0.2) is 0 Å². The predicted octanol–water partition coefficient (Wildman–Crippen LogP) is 6.44. The van der Waals surface area contributed by atoms with Crippen LogP contribution >= 0.6 is 0 Å². The number of hydrogen-bond acceptors (Lipinski definition) is 3. The Morgan fingerprint density at radius 3 is 2.16 bits per heavy atom. The van der Waals surface area contributed by atoms with Crippen LogP contribution < -0.4 is 5.32 Å². The van der Waals surface area contributed by atoms with E-state index in [4.69, 9.17) is 0 Å². The van der Waals surface area contributed by atoms with E-state index in [9.17, 15) is 14.9 Å². The standard InChI is InChI=1S/C27H20N2O3/c30-27(28-26-17-8-7-16-24(26)21-11-3-1-4-12-21)25(22-13-5-2-6-14-22)19-20-10-9-15-23(18-20)29(31)32/h1-19H,(H,28,30). The second kappa shape index (κ2) is 9.53. The number of para-hydroxylation sites is 1. The number of nitrogens with one attached hydrogen (secondary N) is 1. The van der Waals surface area contributed by atoms with E-state index in [-0.39, 0.29) is 11.6 Å². The fourth-order valence-electron chi connectivity index (χ4n) is 3.44. The Kier molecular flexibility index (Phi) is 6.18. The average Bonchev–Trinajstić information content (AvgIpc) is 2.84. The number of nitrogens with zero attached hydrogens (tertiary/aromatic N) is 1. The van der Waals surface area contributed by atoms with Crippen molar-refractivity contribution >= 4 is 28.9 Å². The molecule has 0 aliphatic heterocycles. The van der Waals surface area contributed by atoms with Gasteiger partial charge in [0.1, 0.15) is 0 Å². The van der Waals surface area contributed by atoms with Gasteiger partial charge < -0.3 is 5.32 Å². The van der Waals surface area contributed by atoms with Crippen LogP contribution in [0.5, 0.6) is 0 Å². The number of benzene rings is 4. The smallest absolute Gasteiger partial charge is 0.270 e. The summed E-state index contributed by atoms with van der Waals surface area (Å²) in [6.07, 6.45) is 1.67. The molecule has 5 nitrogen and oxygen atoms in total. The van der Waals surface area contributed by atoms with Crippen molar-refractivity contribution in [3.05, 3.63) is 130 Å². The van der Waals surface area contributed by atoms with Gasteiger partial charge >= 0.3 is 0 Å². The van der Waals surface area contributed by atoms with Crippen LogP contribution in [0.3, 0.4) is 0 Å². The number of hydrogen-bond donors (Lipinski definition) is 1. The normalized spacial score (nSPS) is 11.1. The number of nitro benzene ring substituents is 1. The van der Waals surface area contributed by atoms with E-state index >= 15 is 0 Å². The molecule has 5 heteroatoms. The summed E-state index contributed by atoms with van der Waals surface area (Å²) in [7, 11) is 0. The van der Waals surface area contributed by atoms with Crippen LogP contribution in [0.1, 0.15) is 11.1 Å². The molecule has 4 rings (SSSR count). The Morgan fingerprint density at radius 2 is 1.44 bits per heavy atom. The van der Waals surface area contributed by atoms with Crippen molar-refractivity contribution in [1.82, 2.24) is 0 Å². The van der Waals surface area contributed by atoms with E-state index in [1.807, 2.05) is 84.9 Å². The first kappa shape index (κ1) is 20.8. The van der Waals surface area contributed by atoms with Gasteiger partial charge in [0.05, 0.1) is 4.92 Å². The highest BCUT2D eigenvalue weighted by Gasteiger charge is 2.15. The van der Waals surface area contributed by atoms with Gasteiger partial charge in [-0.3, -0.25) is 14.9 Å². The predicted molar refractivity (Wildman–Crippen MR) is 128 cm³/mol. The first-order chi connectivity index (χ1) is 15.6. The fraction of sp³-hybridized carbons (Fsp3) is 0. The maximum atomic E-state index is 13.4. The highest BCUT2D eigenvalue weighted by molar-refractivity contribution is 6.29. The lowest BCUT2D eigenvalue weighted by atomic mass is 10.0. The molecule has 4 aromatic carbocycles. The molecule has 0 spiro atoms. The van der Waals surface area contributed by atoms with Gasteiger partial charge in [0.15, 0.2) is 0 Å². The first-order valence-corrected chi connectivity index (χ1v) is 10.1. The fourth-order valence-corrected chi connectivity index (χ4v) is 3.44. The van der Waals surface area contributed by atoms with Crippen molar-refractivity contribution in [2.75, 3.05) is 5.32 Å². The van der Waals surface area contributed by atoms with Crippen molar-refractivity contribution in [3.8, 4) is 11.1 Å². The monoisotopic (exact) mass is 420 g/mol. The molecule has 0 saturated carbocycles. The largest absolute Gasteiger partial charge is 0.321 e. The zero-order valence-corrected chi connectivity index (χ0v) is 17.1. The van der Waals surface area contributed by atoms with Crippen molar-refractivity contribution in [3.63, 3.8) is 0 Å². The highest BCUT2D eigenvalue weighted by atomic mass is 16.6. The zero-order chi connectivity index (χ0) is 22.3. The Balaban J connectivity index is 1.73. The second-order valence-corrected chi connectivity index (χ2v) is 7.14. The third kappa shape index (κ3) is 4.79. The first-order valence-electron chi connectivity index (χ1n) is 10.1. The SMILES string of the molecule is O=C(Nc1ccccc1-c1ccccc1)C(=Cc1cccc([N+](=O)[O-])c1)c1ccccc1. The maximum Gasteiger partial charge on any atom is 0.270 e. The van der Waals surface area contributed by atoms with Crippen molar-refractivity contribution in [2.24, 2.45) is 0 Å². The van der Waals surface area contributed by atoms with E-state index in [2.05, 4.69) is 5.32 Å². The molecule has 1 amide bonds. The number of nitro groups is 1. The Hall–Kier alpha value is -4.51. The summed E-state index contributed by atoms with van der Waals surface area (Å²) in [5.41, 5.74) is 4.26. The van der Waals surface area contributed by atoms with Gasteiger partial charge in [-0.05, 0) is 28.8 Å². The highest BCUT2D eigenvalue weighted by Crippen LogP contribution is 2.29. The zero-order valence-electron chi connectivity index (χ0n) is 17.1. The lowest BCUT2D eigenvalue weighted by Gasteiger charge is -2.14. The lowest BCUT2D eigenvalue weighted by molar-refractivity contribution is -0.384. The molecule has 1 N–H and O–H groups in total. The number of amides is 1. The lowest BCUT2D eigenvalue weighted by Crippen LogP contribution is -2.14. The summed E-state index contributed by atoms with van der Waals surface area (Å²) in [5.74, 6) is -0.300. The summed E-state index contributed by atoms with van der Waals surface area (Å²) in [5, 5.41) is 14.2. The number of carbonyl (C=O) groups is 1. The van der Waals surface area contributed by atoms with Crippen LogP contribution in [0.4, 0.5) is 11.4 Å². The molecule has 0 radical (unpaired) electrons. The Labute approximate surface area is 185 Å². The number of carbonyl (C=O) groups excluding carboxylic acids is 1. The van der Waals surface area contributed by atoms with Crippen LogP contribution in [0, 0.1) is 10.1 Å². The molecule has 32 heavy (non-hydrogen) atoms. The summed E-state index contributed by atoms with van der Waals surface area (Å²) in [6, 6.07) is 32.9. The van der Waals surface area contributed by atoms with Crippen LogP contribution in [-0.2, 0) is 4.79 Å². The minimum atomic E-state index is -0.449. The van der Waals surface area contributed by atoms with E-state index in [0.29, 0.717) is 22.4 Å². The molecule has 0 heterocycles. The van der Waals surface area contributed by atoms with Crippen LogP contribution in [0.25, 0.3) is 22.8 Å². The molecule has 156 valence electrons. The van der Waals surface area contributed by atoms with Gasteiger partial charge in [0, 0.05) is 29.0 Å². The number of non-ortho nitro benzene ring substituents is 1. The third-order valence-corrected chi connectivity index (χ3v) is 4.98. The van der Waals surface area contributed by atoms with Crippen molar-refractivity contribution in [1.29, 1.82) is 0 Å². The second-order valence-electron chi connectivity index (χ2n) is 7.14. The molecule has 0 unspecified atom stereocenters. The topological polar surface area (TPSA) is 72.2 Å². The Morgan fingerprint density at radius 1 is 0.781 bits per heavy atom. The van der Waals surface area contributed by atoms with Gasteiger partial charge in [-0.15, -0.1) is 0 Å². The number of anilines is 1. The average molecular weight is 420 g/mol. The maximum absolute atomic E-state index is 13.4. The Bertz CT molecular complexity index is 1280. The number of rotatable bonds is 6. The molecule has 0 aliphatic rings. The van der Waals surface area contributed by atoms with Crippen LogP contribution in [-0.4, -0.2) is 10.8 Å². The van der Waals surface area contributed by atoms with Crippen molar-refractivity contribution in [2.45, 2.75) is 0 Å². The van der Waals surface area contributed by atoms with Crippen LogP contribution in [0.15, 0.2) is 109 Å². The van der Waals surface area contributed by atoms with E-state index in [1.165, 1.54) is 12.1 Å². The van der Waals surface area contributed by atoms with Gasteiger partial charge in [-0.1, -0.05) is 91.0 Å². The molecule has 0 aliphatic carbocycles. The van der Waals surface area contributed by atoms with Gasteiger partial charge in [0.25, 0.3) is 11.6 Å². The molecule has 0 fully saturated rings. The van der Waals surface area contributed by atoms with E-state index in [0.717, 1.165) is 11.1 Å². The summed E-state index contributed by atoms with van der Waals surface area (Å²) >= 11 is 0. The van der Waals surface area contributed by atoms with Crippen LogP contribution in [0.2, 0.25) is 0 Å². The minimum Gasteiger partial charge on any atom is -0.321 e. The minimum absolute atomic E-state index is 0.0269. The van der Waals surface area contributed by atoms with Gasteiger partial charge in [-0.2, -0.15) is 0 Å². The van der Waals surface area contributed by atoms with E-state index < -0.39 is 4.92 Å². The summed E-state index contributed by atoms with van der Waals surface area (Å²) < 4.78 is 0. The molecule has 0 saturated heterocycles. The van der Waals surface area contributed by atoms with Gasteiger partial charge in [0.2, 0.25) is 0 Å². The third-order valence-electron chi connectivity index (χ3n) is 4.98. The molecular weight excluding hydrogens is 400 g/mol. The quantitative estimate of drug-likeness (QED) is 0.169. The molecule has 0 aromatic heterocycles. The molecule has 0 bridgehead atoms. The summed E-state index contributed by atoms with van der Waals surface area (Å²) in [6.45, 7) is 0.